The van der Waals surface area contributed by atoms with Crippen molar-refractivity contribution in [1.29, 1.82) is 0 Å². The molecule has 0 amide bonds. The van der Waals surface area contributed by atoms with E-state index in [1.54, 1.807) is 12.2 Å². The highest BCUT2D eigenvalue weighted by Gasteiger charge is 2.44. The van der Waals surface area contributed by atoms with Crippen LogP contribution in [0.4, 0.5) is 13.2 Å². The molecule has 2 rings (SSSR count). The molecular weight excluding hydrogens is 251 g/mol. The lowest BCUT2D eigenvalue weighted by molar-refractivity contribution is -0.184. The van der Waals surface area contributed by atoms with Gasteiger partial charge in [-0.1, -0.05) is 49.1 Å². The van der Waals surface area contributed by atoms with Crippen LogP contribution in [0.2, 0.25) is 0 Å². The molecule has 1 nitrogen and oxygen atoms in total. The summed E-state index contributed by atoms with van der Waals surface area (Å²) < 4.78 is 39.1. The summed E-state index contributed by atoms with van der Waals surface area (Å²) >= 11 is 0. The van der Waals surface area contributed by atoms with Crippen LogP contribution in [0.3, 0.4) is 0 Å². The summed E-state index contributed by atoms with van der Waals surface area (Å²) in [5.41, 5.74) is 1.75. The van der Waals surface area contributed by atoms with Crippen molar-refractivity contribution in [3.63, 3.8) is 0 Å². The van der Waals surface area contributed by atoms with Gasteiger partial charge in [-0.3, -0.25) is 4.90 Å². The van der Waals surface area contributed by atoms with Crippen LogP contribution in [0.15, 0.2) is 54.6 Å². The van der Waals surface area contributed by atoms with Crippen LogP contribution in [0.25, 0.3) is 0 Å². The van der Waals surface area contributed by atoms with Crippen molar-refractivity contribution in [3.05, 3.63) is 60.2 Å². The van der Waals surface area contributed by atoms with E-state index in [1.165, 1.54) is 4.90 Å². The second-order valence-corrected chi connectivity index (χ2v) is 4.67. The summed E-state index contributed by atoms with van der Waals surface area (Å²) in [6, 6.07) is 7.82. The average Bonchev–Trinajstić information content (AvgIpc) is 2.38. The number of rotatable bonds is 3. The van der Waals surface area contributed by atoms with Crippen molar-refractivity contribution in [2.45, 2.75) is 25.2 Å². The van der Waals surface area contributed by atoms with E-state index in [9.17, 15) is 13.2 Å². The van der Waals surface area contributed by atoms with Gasteiger partial charge in [-0.15, -0.1) is 0 Å². The van der Waals surface area contributed by atoms with Crippen molar-refractivity contribution < 1.29 is 13.2 Å². The van der Waals surface area contributed by atoms with E-state index in [0.717, 1.165) is 11.1 Å². The maximum atomic E-state index is 13.0. The molecule has 19 heavy (non-hydrogen) atoms. The van der Waals surface area contributed by atoms with Crippen LogP contribution >= 0.6 is 0 Å². The Morgan fingerprint density at radius 1 is 1.26 bits per heavy atom. The quantitative estimate of drug-likeness (QED) is 0.802. The van der Waals surface area contributed by atoms with Crippen LogP contribution < -0.4 is 0 Å². The van der Waals surface area contributed by atoms with E-state index in [-0.39, 0.29) is 6.42 Å². The summed E-state index contributed by atoms with van der Waals surface area (Å²) in [6.45, 7) is 4.23. The van der Waals surface area contributed by atoms with E-state index in [0.29, 0.717) is 13.1 Å². The van der Waals surface area contributed by atoms with Crippen LogP contribution in [0, 0.1) is 0 Å². The zero-order valence-corrected chi connectivity index (χ0v) is 10.5. The molecule has 1 aliphatic heterocycles. The van der Waals surface area contributed by atoms with Gasteiger partial charge in [0.25, 0.3) is 0 Å². The minimum Gasteiger partial charge on any atom is -0.283 e. The largest absolute Gasteiger partial charge is 0.404 e. The molecule has 0 fully saturated rings. The molecule has 4 heteroatoms. The highest BCUT2D eigenvalue weighted by molar-refractivity contribution is 5.23. The first-order chi connectivity index (χ1) is 9.00. The molecule has 102 valence electrons. The van der Waals surface area contributed by atoms with Crippen LogP contribution in [0.1, 0.15) is 12.0 Å². The van der Waals surface area contributed by atoms with Gasteiger partial charge in [-0.2, -0.15) is 13.2 Å². The normalized spacial score (nSPS) is 21.0. The first kappa shape index (κ1) is 13.9. The number of alkyl halides is 3. The summed E-state index contributed by atoms with van der Waals surface area (Å²) in [6.07, 6.45) is -0.938. The first-order valence-electron chi connectivity index (χ1n) is 6.17. The molecule has 0 saturated heterocycles. The minimum absolute atomic E-state index is 0.00229. The second kappa shape index (κ2) is 5.61. The minimum atomic E-state index is -4.20. The van der Waals surface area contributed by atoms with Crippen LogP contribution in [-0.2, 0) is 6.54 Å². The standard InChI is InChI=1S/C15H16F3N/c1-2-12-8-9-14(15(16,17)18)19(10-12)11-13-6-4-3-5-7-13/h2-8,14H,1,9-11H2. The third kappa shape index (κ3) is 3.47. The molecule has 0 radical (unpaired) electrons. The summed E-state index contributed by atoms with van der Waals surface area (Å²) in [5, 5.41) is 0. The second-order valence-electron chi connectivity index (χ2n) is 4.67. The lowest BCUT2D eigenvalue weighted by atomic mass is 10.0. The van der Waals surface area contributed by atoms with Crippen molar-refractivity contribution >= 4 is 0 Å². The fraction of sp³-hybridized carbons (Fsp3) is 0.333. The van der Waals surface area contributed by atoms with Gasteiger partial charge in [-0.25, -0.2) is 0 Å². The zero-order chi connectivity index (χ0) is 13.9. The Kier molecular flexibility index (Phi) is 4.10. The summed E-state index contributed by atoms with van der Waals surface area (Å²) in [4.78, 5) is 1.46. The van der Waals surface area contributed by atoms with Crippen molar-refractivity contribution in [1.82, 2.24) is 4.90 Å². The fourth-order valence-corrected chi connectivity index (χ4v) is 2.29. The number of hydrogen-bond donors (Lipinski definition) is 0. The third-order valence-corrected chi connectivity index (χ3v) is 3.30. The number of benzene rings is 1. The highest BCUT2D eigenvalue weighted by Crippen LogP contribution is 2.32. The Morgan fingerprint density at radius 3 is 2.53 bits per heavy atom. The SMILES string of the molecule is C=CC1=CCC(C(F)(F)F)N(Cc2ccccc2)C1. The molecule has 1 heterocycles. The van der Waals surface area contributed by atoms with Crippen LogP contribution in [-0.4, -0.2) is 23.7 Å². The molecule has 1 unspecified atom stereocenters. The Hall–Kier alpha value is -1.55. The van der Waals surface area contributed by atoms with Gasteiger partial charge in [0, 0.05) is 13.1 Å². The van der Waals surface area contributed by atoms with Crippen molar-refractivity contribution in [2.75, 3.05) is 6.54 Å². The van der Waals surface area contributed by atoms with E-state index in [2.05, 4.69) is 6.58 Å². The van der Waals surface area contributed by atoms with Gasteiger partial charge in [0.2, 0.25) is 0 Å². The van der Waals surface area contributed by atoms with Gasteiger partial charge < -0.3 is 0 Å². The fourth-order valence-electron chi connectivity index (χ4n) is 2.29. The topological polar surface area (TPSA) is 3.24 Å². The Morgan fingerprint density at radius 2 is 1.95 bits per heavy atom. The van der Waals surface area contributed by atoms with E-state index >= 15 is 0 Å². The van der Waals surface area contributed by atoms with Gasteiger partial charge >= 0.3 is 6.18 Å². The first-order valence-corrected chi connectivity index (χ1v) is 6.17. The molecule has 0 bridgehead atoms. The maximum absolute atomic E-state index is 13.0. The maximum Gasteiger partial charge on any atom is 0.404 e. The monoisotopic (exact) mass is 267 g/mol. The molecule has 1 aromatic rings. The van der Waals surface area contributed by atoms with Gasteiger partial charge in [-0.05, 0) is 17.6 Å². The smallest absolute Gasteiger partial charge is 0.283 e. The number of hydrogen-bond acceptors (Lipinski definition) is 1. The lowest BCUT2D eigenvalue weighted by Gasteiger charge is -2.36. The molecule has 0 aliphatic carbocycles. The number of halogens is 3. The van der Waals surface area contributed by atoms with Gasteiger partial charge in [0.05, 0.1) is 0 Å². The Bertz CT molecular complexity index is 462. The average molecular weight is 267 g/mol. The Balaban J connectivity index is 2.19. The summed E-state index contributed by atoms with van der Waals surface area (Å²) in [5.74, 6) is 0. The highest BCUT2D eigenvalue weighted by atomic mass is 19.4. The molecule has 1 aliphatic rings. The third-order valence-electron chi connectivity index (χ3n) is 3.30. The van der Waals surface area contributed by atoms with E-state index < -0.39 is 12.2 Å². The van der Waals surface area contributed by atoms with Gasteiger partial charge in [0.15, 0.2) is 0 Å². The predicted octanol–water partition coefficient (Wildman–Crippen LogP) is 3.94. The molecule has 1 atom stereocenters. The molecule has 1 aromatic carbocycles. The zero-order valence-electron chi connectivity index (χ0n) is 10.5. The molecule has 0 spiro atoms. The van der Waals surface area contributed by atoms with Gasteiger partial charge in [0.1, 0.15) is 6.04 Å². The molecule has 0 N–H and O–H groups in total. The predicted molar refractivity (Wildman–Crippen MR) is 69.6 cm³/mol. The van der Waals surface area contributed by atoms with Crippen molar-refractivity contribution in [3.8, 4) is 0 Å². The van der Waals surface area contributed by atoms with Crippen LogP contribution in [0.5, 0.6) is 0 Å². The Labute approximate surface area is 111 Å². The molecule has 0 saturated carbocycles. The lowest BCUT2D eigenvalue weighted by Crippen LogP contribution is -2.47. The molecular formula is C15H16F3N. The van der Waals surface area contributed by atoms with E-state index in [1.807, 2.05) is 30.3 Å². The van der Waals surface area contributed by atoms with Crippen molar-refractivity contribution in [2.24, 2.45) is 0 Å². The number of nitrogens with zero attached hydrogens (tertiary/aromatic N) is 1. The van der Waals surface area contributed by atoms with E-state index in [4.69, 9.17) is 0 Å². The molecule has 0 aromatic heterocycles. The summed E-state index contributed by atoms with van der Waals surface area (Å²) in [7, 11) is 0.